The van der Waals surface area contributed by atoms with Crippen molar-refractivity contribution in [3.05, 3.63) is 68.7 Å². The number of hydrazine groups is 1. The van der Waals surface area contributed by atoms with Gasteiger partial charge in [-0.15, -0.1) is 0 Å². The first kappa shape index (κ1) is 26.4. The van der Waals surface area contributed by atoms with Crippen LogP contribution in [0.3, 0.4) is 0 Å². The third-order valence-electron chi connectivity index (χ3n) is 5.96. The number of esters is 1. The highest BCUT2D eigenvalue weighted by Crippen LogP contribution is 2.46. The van der Waals surface area contributed by atoms with Gasteiger partial charge in [-0.2, -0.15) is 13.2 Å². The number of anilines is 1. The van der Waals surface area contributed by atoms with Gasteiger partial charge in [0.1, 0.15) is 11.0 Å². The molecule has 1 saturated heterocycles. The van der Waals surface area contributed by atoms with Crippen LogP contribution in [0.4, 0.5) is 24.5 Å². The Labute approximate surface area is 203 Å². The van der Waals surface area contributed by atoms with Crippen molar-refractivity contribution in [2.45, 2.75) is 32.0 Å². The molecule has 1 aliphatic heterocycles. The fourth-order valence-electron chi connectivity index (χ4n) is 4.11. The van der Waals surface area contributed by atoms with E-state index in [9.17, 15) is 32.9 Å². The number of amides is 1. The van der Waals surface area contributed by atoms with Crippen molar-refractivity contribution < 1.29 is 32.4 Å². The van der Waals surface area contributed by atoms with Gasteiger partial charge in [0, 0.05) is 23.3 Å². The summed E-state index contributed by atoms with van der Waals surface area (Å²) in [6.45, 7) is 3.47. The quantitative estimate of drug-likeness (QED) is 0.288. The second kappa shape index (κ2) is 9.80. The molecule has 35 heavy (non-hydrogen) atoms. The molecule has 0 spiro atoms. The van der Waals surface area contributed by atoms with Gasteiger partial charge in [0.15, 0.2) is 0 Å². The van der Waals surface area contributed by atoms with E-state index >= 15 is 0 Å². The Morgan fingerprint density at radius 2 is 1.89 bits per heavy atom. The Hall–Kier alpha value is -3.22. The van der Waals surface area contributed by atoms with E-state index < -0.39 is 45.2 Å². The van der Waals surface area contributed by atoms with Crippen LogP contribution in [0.15, 0.2) is 42.5 Å². The number of halogens is 4. The predicted octanol–water partition coefficient (Wildman–Crippen LogP) is 4.17. The van der Waals surface area contributed by atoms with Crippen LogP contribution in [0.2, 0.25) is 5.02 Å². The third-order valence-corrected chi connectivity index (χ3v) is 6.21. The summed E-state index contributed by atoms with van der Waals surface area (Å²) >= 11 is 6.00. The van der Waals surface area contributed by atoms with E-state index in [-0.39, 0.29) is 25.3 Å². The first-order valence-electron chi connectivity index (χ1n) is 10.4. The zero-order valence-electron chi connectivity index (χ0n) is 18.7. The Balaban J connectivity index is 1.98. The van der Waals surface area contributed by atoms with Crippen molar-refractivity contribution in [1.82, 2.24) is 10.9 Å². The van der Waals surface area contributed by atoms with Gasteiger partial charge in [0.2, 0.25) is 5.91 Å². The molecule has 1 amide bonds. The standard InChI is InChI=1S/C22H22ClF3N4O5/c1-3-35-19(32)20(2)12-27-29-21(20,13-4-6-14(23)7-5-13)11-18(31)28-15-8-9-16(22(24,25)26)17(10-15)30(33)34/h4-10,27,29H,3,11-12H2,1-2H3,(H,28,31). The minimum Gasteiger partial charge on any atom is -0.465 e. The van der Waals surface area contributed by atoms with Crippen LogP contribution in [-0.4, -0.2) is 30.0 Å². The summed E-state index contributed by atoms with van der Waals surface area (Å²) in [7, 11) is 0. The normalized spacial score (nSPS) is 22.0. The monoisotopic (exact) mass is 514 g/mol. The maximum Gasteiger partial charge on any atom is 0.423 e. The Morgan fingerprint density at radius 1 is 1.23 bits per heavy atom. The first-order chi connectivity index (χ1) is 16.3. The van der Waals surface area contributed by atoms with Crippen LogP contribution in [-0.2, 0) is 26.0 Å². The molecule has 13 heteroatoms. The number of nitrogens with zero attached hydrogens (tertiary/aromatic N) is 1. The van der Waals surface area contributed by atoms with Gasteiger partial charge in [0.25, 0.3) is 5.69 Å². The molecule has 1 heterocycles. The molecule has 0 bridgehead atoms. The SMILES string of the molecule is CCOC(=O)C1(C)CNNC1(CC(=O)Nc1ccc(C(F)(F)F)c([N+](=O)[O-])c1)c1ccc(Cl)cc1. The highest BCUT2D eigenvalue weighted by molar-refractivity contribution is 6.30. The maximum absolute atomic E-state index is 13.1. The predicted molar refractivity (Wildman–Crippen MR) is 120 cm³/mol. The number of hydrogen-bond donors (Lipinski definition) is 3. The molecule has 2 unspecified atom stereocenters. The molecule has 2 aromatic rings. The number of carbonyl (C=O) groups excluding carboxylic acids is 2. The highest BCUT2D eigenvalue weighted by Gasteiger charge is 2.59. The highest BCUT2D eigenvalue weighted by atomic mass is 35.5. The summed E-state index contributed by atoms with van der Waals surface area (Å²) in [4.78, 5) is 36.1. The maximum atomic E-state index is 13.1. The molecule has 1 aliphatic rings. The van der Waals surface area contributed by atoms with Gasteiger partial charge in [-0.3, -0.25) is 25.1 Å². The van der Waals surface area contributed by atoms with Crippen molar-refractivity contribution in [2.75, 3.05) is 18.5 Å². The van der Waals surface area contributed by atoms with Gasteiger partial charge in [-0.05, 0) is 43.7 Å². The van der Waals surface area contributed by atoms with Crippen molar-refractivity contribution in [1.29, 1.82) is 0 Å². The second-order valence-corrected chi connectivity index (χ2v) is 8.59. The van der Waals surface area contributed by atoms with Gasteiger partial charge >= 0.3 is 12.1 Å². The summed E-state index contributed by atoms with van der Waals surface area (Å²) in [5.74, 6) is -1.29. The van der Waals surface area contributed by atoms with Gasteiger partial charge in [-0.1, -0.05) is 23.7 Å². The van der Waals surface area contributed by atoms with Crippen molar-refractivity contribution in [2.24, 2.45) is 5.41 Å². The molecule has 2 aromatic carbocycles. The second-order valence-electron chi connectivity index (χ2n) is 8.16. The number of hydrogen-bond acceptors (Lipinski definition) is 7. The van der Waals surface area contributed by atoms with Gasteiger partial charge in [-0.25, -0.2) is 5.43 Å². The molecule has 0 saturated carbocycles. The average molecular weight is 515 g/mol. The first-order valence-corrected chi connectivity index (χ1v) is 10.8. The molecule has 3 N–H and O–H groups in total. The molecular weight excluding hydrogens is 493 g/mol. The van der Waals surface area contributed by atoms with E-state index in [1.54, 1.807) is 38.1 Å². The van der Waals surface area contributed by atoms with Gasteiger partial charge < -0.3 is 10.1 Å². The summed E-state index contributed by atoms with van der Waals surface area (Å²) in [6.07, 6.45) is -5.31. The Kier molecular flexibility index (Phi) is 7.39. The minimum atomic E-state index is -4.94. The Bertz CT molecular complexity index is 1140. The number of nitro benzene ring substituents is 1. The summed E-state index contributed by atoms with van der Waals surface area (Å²) in [5.41, 5.74) is 0.966. The number of rotatable bonds is 7. The van der Waals surface area contributed by atoms with E-state index in [1.807, 2.05) is 0 Å². The Morgan fingerprint density at radius 3 is 2.46 bits per heavy atom. The fourth-order valence-corrected chi connectivity index (χ4v) is 4.24. The van der Waals surface area contributed by atoms with E-state index in [2.05, 4.69) is 16.2 Å². The molecule has 1 fully saturated rings. The van der Waals surface area contributed by atoms with Crippen LogP contribution in [0.25, 0.3) is 0 Å². The lowest BCUT2D eigenvalue weighted by molar-refractivity contribution is -0.388. The molecule has 9 nitrogen and oxygen atoms in total. The lowest BCUT2D eigenvalue weighted by Crippen LogP contribution is -2.55. The number of nitrogens with one attached hydrogen (secondary N) is 3. The molecule has 0 aromatic heterocycles. The van der Waals surface area contributed by atoms with E-state index in [0.29, 0.717) is 22.7 Å². The summed E-state index contributed by atoms with van der Waals surface area (Å²) < 4.78 is 44.6. The van der Waals surface area contributed by atoms with Gasteiger partial charge in [0.05, 0.1) is 23.5 Å². The molecule has 0 aliphatic carbocycles. The fraction of sp³-hybridized carbons (Fsp3) is 0.364. The van der Waals surface area contributed by atoms with Crippen molar-refractivity contribution in [3.63, 3.8) is 0 Å². The largest absolute Gasteiger partial charge is 0.465 e. The van der Waals surface area contributed by atoms with E-state index in [4.69, 9.17) is 16.3 Å². The zero-order chi connectivity index (χ0) is 26.0. The smallest absolute Gasteiger partial charge is 0.423 e. The van der Waals surface area contributed by atoms with Crippen LogP contribution in [0.5, 0.6) is 0 Å². The van der Waals surface area contributed by atoms with E-state index in [1.165, 1.54) is 0 Å². The topological polar surface area (TPSA) is 123 Å². The summed E-state index contributed by atoms with van der Waals surface area (Å²) in [6, 6.07) is 8.53. The third kappa shape index (κ3) is 5.09. The van der Waals surface area contributed by atoms with Crippen LogP contribution in [0.1, 0.15) is 31.4 Å². The molecule has 0 radical (unpaired) electrons. The van der Waals surface area contributed by atoms with E-state index in [0.717, 1.165) is 6.07 Å². The van der Waals surface area contributed by atoms with Crippen molar-refractivity contribution in [3.8, 4) is 0 Å². The van der Waals surface area contributed by atoms with Crippen molar-refractivity contribution >= 4 is 34.9 Å². The molecular formula is C22H22ClF3N4O5. The van der Waals surface area contributed by atoms with Crippen LogP contribution >= 0.6 is 11.6 Å². The molecule has 188 valence electrons. The number of ether oxygens (including phenoxy) is 1. The zero-order valence-corrected chi connectivity index (χ0v) is 19.4. The lowest BCUT2D eigenvalue weighted by atomic mass is 9.66. The number of benzene rings is 2. The van der Waals surface area contributed by atoms with Crippen LogP contribution < -0.4 is 16.2 Å². The number of alkyl halides is 3. The molecule has 2 atom stereocenters. The number of carbonyl (C=O) groups is 2. The summed E-state index contributed by atoms with van der Waals surface area (Å²) in [5, 5.41) is 14.0. The minimum absolute atomic E-state index is 0.104. The average Bonchev–Trinajstić information content (AvgIpc) is 3.11. The number of nitro groups is 1. The lowest BCUT2D eigenvalue weighted by Gasteiger charge is -2.40. The molecule has 3 rings (SSSR count). The van der Waals surface area contributed by atoms with Crippen LogP contribution in [0, 0.1) is 15.5 Å².